The second-order valence-corrected chi connectivity index (χ2v) is 7.04. The Bertz CT molecular complexity index is 509. The van der Waals surface area contributed by atoms with E-state index in [0.29, 0.717) is 31.0 Å². The van der Waals surface area contributed by atoms with Crippen LogP contribution in [0.5, 0.6) is 0 Å². The summed E-state index contributed by atoms with van der Waals surface area (Å²) >= 11 is 7.50. The van der Waals surface area contributed by atoms with Crippen LogP contribution < -0.4 is 4.72 Å². The third-order valence-corrected chi connectivity index (χ3v) is 5.46. The van der Waals surface area contributed by atoms with Gasteiger partial charge in [-0.05, 0) is 37.0 Å². The molecule has 2 saturated heterocycles. The quantitative estimate of drug-likeness (QED) is 0.818. The topological polar surface area (TPSA) is 52.6 Å². The molecule has 2 aliphatic rings. The minimum atomic E-state index is -0.848. The number of hydrogen-bond donors (Lipinski definition) is 2. The lowest BCUT2D eigenvalue weighted by atomic mass is 9.84. The molecule has 0 radical (unpaired) electrons. The van der Waals surface area contributed by atoms with Crippen LogP contribution in [-0.4, -0.2) is 40.8 Å². The van der Waals surface area contributed by atoms with Gasteiger partial charge >= 0.3 is 0 Å². The van der Waals surface area contributed by atoms with Gasteiger partial charge in [0.25, 0.3) is 0 Å². The van der Waals surface area contributed by atoms with E-state index in [4.69, 9.17) is 11.6 Å². The van der Waals surface area contributed by atoms with Crippen molar-refractivity contribution in [3.05, 3.63) is 34.9 Å². The van der Waals surface area contributed by atoms with Crippen molar-refractivity contribution in [3.63, 3.8) is 0 Å². The molecule has 0 aliphatic carbocycles. The summed E-state index contributed by atoms with van der Waals surface area (Å²) in [4.78, 5) is 14.2. The number of hydrogen-bond acceptors (Lipinski definition) is 4. The molecule has 114 valence electrons. The molecule has 2 heterocycles. The highest BCUT2D eigenvalue weighted by atomic mass is 35.5. The molecule has 4 nitrogen and oxygen atoms in total. The van der Waals surface area contributed by atoms with E-state index in [9.17, 15) is 9.90 Å². The van der Waals surface area contributed by atoms with Gasteiger partial charge in [0.2, 0.25) is 5.91 Å². The van der Waals surface area contributed by atoms with Crippen molar-refractivity contribution in [1.29, 1.82) is 0 Å². The number of rotatable bonds is 2. The zero-order valence-electron chi connectivity index (χ0n) is 11.7. The minimum Gasteiger partial charge on any atom is -0.385 e. The molecular formula is C15H19ClN2O2S. The van der Waals surface area contributed by atoms with Gasteiger partial charge in [0.15, 0.2) is 0 Å². The van der Waals surface area contributed by atoms with E-state index < -0.39 is 5.60 Å². The first-order valence-corrected chi connectivity index (χ1v) is 8.59. The molecule has 1 aromatic rings. The predicted octanol–water partition coefficient (Wildman–Crippen LogP) is 2.16. The molecule has 2 fully saturated rings. The van der Waals surface area contributed by atoms with E-state index in [1.54, 1.807) is 24.1 Å². The van der Waals surface area contributed by atoms with Crippen LogP contribution in [0.25, 0.3) is 0 Å². The average Bonchev–Trinajstić information content (AvgIpc) is 3.02. The highest BCUT2D eigenvalue weighted by Gasteiger charge is 2.37. The molecule has 21 heavy (non-hydrogen) atoms. The molecule has 1 aromatic carbocycles. The fourth-order valence-electron chi connectivity index (χ4n) is 2.94. The summed E-state index contributed by atoms with van der Waals surface area (Å²) in [6.45, 7) is 1.20. The first kappa shape index (κ1) is 15.2. The first-order valence-electron chi connectivity index (χ1n) is 7.23. The molecular weight excluding hydrogens is 308 g/mol. The SMILES string of the molecule is O=C(C1CCSN1)N1CCC(O)(c2ccc(Cl)cc2)CC1. The Labute approximate surface area is 134 Å². The smallest absolute Gasteiger partial charge is 0.240 e. The third kappa shape index (κ3) is 3.21. The number of aliphatic hydroxyl groups is 1. The van der Waals surface area contributed by atoms with Crippen molar-refractivity contribution in [3.8, 4) is 0 Å². The summed E-state index contributed by atoms with van der Waals surface area (Å²) in [5.41, 5.74) is 0.0349. The molecule has 2 aliphatic heterocycles. The second-order valence-electron chi connectivity index (χ2n) is 5.67. The Kier molecular flexibility index (Phi) is 4.45. The standard InChI is InChI=1S/C15H19ClN2O2S/c16-12-3-1-11(2-4-12)15(20)6-8-18(9-7-15)14(19)13-5-10-21-17-13/h1-4,13,17,20H,5-10H2. The van der Waals surface area contributed by atoms with Crippen LogP contribution in [0.4, 0.5) is 0 Å². The van der Waals surface area contributed by atoms with Crippen molar-refractivity contribution in [2.75, 3.05) is 18.8 Å². The van der Waals surface area contributed by atoms with Gasteiger partial charge < -0.3 is 10.0 Å². The lowest BCUT2D eigenvalue weighted by Crippen LogP contribution is -2.49. The van der Waals surface area contributed by atoms with E-state index in [2.05, 4.69) is 4.72 Å². The molecule has 1 unspecified atom stereocenters. The zero-order valence-corrected chi connectivity index (χ0v) is 13.3. The Morgan fingerprint density at radius 2 is 2.00 bits per heavy atom. The number of likely N-dealkylation sites (tertiary alicyclic amines) is 1. The minimum absolute atomic E-state index is 0.0586. The lowest BCUT2D eigenvalue weighted by molar-refractivity contribution is -0.137. The summed E-state index contributed by atoms with van der Waals surface area (Å²) in [6, 6.07) is 7.28. The van der Waals surface area contributed by atoms with Crippen molar-refractivity contribution in [1.82, 2.24) is 9.62 Å². The van der Waals surface area contributed by atoms with Crippen LogP contribution in [-0.2, 0) is 10.4 Å². The third-order valence-electron chi connectivity index (χ3n) is 4.32. The van der Waals surface area contributed by atoms with E-state index >= 15 is 0 Å². The fourth-order valence-corrected chi connectivity index (χ4v) is 3.95. The number of halogens is 1. The second kappa shape index (κ2) is 6.16. The molecule has 2 N–H and O–H groups in total. The summed E-state index contributed by atoms with van der Waals surface area (Å²) in [5, 5.41) is 11.5. The fraction of sp³-hybridized carbons (Fsp3) is 0.533. The Morgan fingerprint density at radius 1 is 1.33 bits per heavy atom. The van der Waals surface area contributed by atoms with Crippen LogP contribution in [0.15, 0.2) is 24.3 Å². The summed E-state index contributed by atoms with van der Waals surface area (Å²) < 4.78 is 3.16. The Morgan fingerprint density at radius 3 is 2.57 bits per heavy atom. The summed E-state index contributed by atoms with van der Waals surface area (Å²) in [5.74, 6) is 1.15. The van der Waals surface area contributed by atoms with Crippen LogP contribution >= 0.6 is 23.5 Å². The molecule has 3 rings (SSSR count). The van der Waals surface area contributed by atoms with E-state index in [1.165, 1.54) is 0 Å². The van der Waals surface area contributed by atoms with Gasteiger partial charge in [-0.2, -0.15) is 0 Å². The predicted molar refractivity (Wildman–Crippen MR) is 85.2 cm³/mol. The van der Waals surface area contributed by atoms with Crippen LogP contribution in [0.2, 0.25) is 5.02 Å². The maximum absolute atomic E-state index is 12.3. The lowest BCUT2D eigenvalue weighted by Gasteiger charge is -2.39. The Balaban J connectivity index is 1.63. The van der Waals surface area contributed by atoms with Gasteiger partial charge in [-0.15, -0.1) is 0 Å². The maximum atomic E-state index is 12.3. The summed E-state index contributed by atoms with van der Waals surface area (Å²) in [6.07, 6.45) is 2.03. The van der Waals surface area contributed by atoms with Crippen molar-refractivity contribution in [2.45, 2.75) is 30.9 Å². The van der Waals surface area contributed by atoms with Gasteiger partial charge in [-0.1, -0.05) is 35.7 Å². The average molecular weight is 327 g/mol. The van der Waals surface area contributed by atoms with E-state index in [-0.39, 0.29) is 11.9 Å². The maximum Gasteiger partial charge on any atom is 0.240 e. The highest BCUT2D eigenvalue weighted by molar-refractivity contribution is 7.97. The van der Waals surface area contributed by atoms with Crippen molar-refractivity contribution in [2.24, 2.45) is 0 Å². The van der Waals surface area contributed by atoms with E-state index in [0.717, 1.165) is 17.7 Å². The number of piperidine rings is 1. The molecule has 0 saturated carbocycles. The number of nitrogens with one attached hydrogen (secondary N) is 1. The van der Waals surface area contributed by atoms with Gasteiger partial charge in [0.1, 0.15) is 0 Å². The van der Waals surface area contributed by atoms with Crippen LogP contribution in [0, 0.1) is 0 Å². The summed E-state index contributed by atoms with van der Waals surface area (Å²) in [7, 11) is 0. The molecule has 1 atom stereocenters. The Hall–Kier alpha value is -0.750. The van der Waals surface area contributed by atoms with Gasteiger partial charge in [-0.3, -0.25) is 9.52 Å². The van der Waals surface area contributed by atoms with Gasteiger partial charge in [-0.25, -0.2) is 0 Å². The number of nitrogens with zero attached hydrogens (tertiary/aromatic N) is 1. The molecule has 1 amide bonds. The van der Waals surface area contributed by atoms with Crippen LogP contribution in [0.3, 0.4) is 0 Å². The van der Waals surface area contributed by atoms with Crippen LogP contribution in [0.1, 0.15) is 24.8 Å². The molecule has 0 bridgehead atoms. The number of carbonyl (C=O) groups is 1. The van der Waals surface area contributed by atoms with Crippen molar-refractivity contribution >= 4 is 29.5 Å². The highest BCUT2D eigenvalue weighted by Crippen LogP contribution is 2.33. The molecule has 0 spiro atoms. The number of amides is 1. The van der Waals surface area contributed by atoms with Crippen molar-refractivity contribution < 1.29 is 9.90 Å². The zero-order chi connectivity index (χ0) is 14.9. The van der Waals surface area contributed by atoms with E-state index in [1.807, 2.05) is 17.0 Å². The number of benzene rings is 1. The first-order chi connectivity index (χ1) is 10.1. The normalized spacial score (nSPS) is 25.0. The molecule has 6 heteroatoms. The monoisotopic (exact) mass is 326 g/mol. The molecule has 0 aromatic heterocycles. The van der Waals surface area contributed by atoms with Gasteiger partial charge in [0.05, 0.1) is 11.6 Å². The van der Waals surface area contributed by atoms with Gasteiger partial charge in [0, 0.05) is 23.9 Å². The largest absolute Gasteiger partial charge is 0.385 e. The number of carbonyl (C=O) groups excluding carboxylic acids is 1.